The van der Waals surface area contributed by atoms with Crippen LogP contribution >= 0.6 is 0 Å². The number of nitrogens with zero attached hydrogens (tertiary/aromatic N) is 5. The number of rotatable bonds is 9. The first-order valence-electron chi connectivity index (χ1n) is 21.4. The molecule has 2 aromatic heterocycles. The molecule has 5 heteroatoms. The second-order valence-electron chi connectivity index (χ2n) is 16.2. The number of pyridine rings is 1. The van der Waals surface area contributed by atoms with Gasteiger partial charge in [0, 0.05) is 45.8 Å². The Morgan fingerprint density at radius 2 is 1.06 bits per heavy atom. The van der Waals surface area contributed by atoms with E-state index in [0.717, 1.165) is 51.8 Å². The van der Waals surface area contributed by atoms with Crippen LogP contribution in [0.5, 0.6) is 0 Å². The van der Waals surface area contributed by atoms with Crippen LogP contribution in [0.3, 0.4) is 0 Å². The van der Waals surface area contributed by atoms with E-state index in [1.807, 2.05) is 6.20 Å². The van der Waals surface area contributed by atoms with Crippen LogP contribution in [0.15, 0.2) is 219 Å². The van der Waals surface area contributed by atoms with Crippen LogP contribution in [0.1, 0.15) is 13.8 Å². The first-order chi connectivity index (χ1) is 30.6. The molecule has 0 atom stereocenters. The molecule has 0 N–H and O–H groups in total. The molecule has 0 bridgehead atoms. The van der Waals surface area contributed by atoms with E-state index < -0.39 is 0 Å². The first-order valence-corrected chi connectivity index (χ1v) is 21.4. The number of fused-ring (bicyclic) bond motifs is 4. The maximum Gasteiger partial charge on any atom is 0.138 e. The van der Waals surface area contributed by atoms with Gasteiger partial charge in [0.15, 0.2) is 0 Å². The minimum atomic E-state index is 0.378. The molecular weight excluding hydrogens is 755 g/mol. The molecule has 0 aliphatic carbocycles. The van der Waals surface area contributed by atoms with Crippen LogP contribution in [0.25, 0.3) is 61.0 Å². The molecule has 0 spiro atoms. The van der Waals surface area contributed by atoms with Crippen molar-refractivity contribution in [3.8, 4) is 39.2 Å². The Labute approximate surface area is 363 Å². The molecule has 62 heavy (non-hydrogen) atoms. The highest BCUT2D eigenvalue weighted by Gasteiger charge is 2.29. The minimum absolute atomic E-state index is 0.378. The molecule has 10 aromatic rings. The predicted octanol–water partition coefficient (Wildman–Crippen LogP) is 15.0. The monoisotopic (exact) mass is 799 g/mol. The van der Waals surface area contributed by atoms with Gasteiger partial charge in [0.1, 0.15) is 5.82 Å². The average Bonchev–Trinajstić information content (AvgIpc) is 3.89. The van der Waals surface area contributed by atoms with Crippen LogP contribution in [0.4, 0.5) is 34.1 Å². The van der Waals surface area contributed by atoms with E-state index in [-0.39, 0.29) is 0 Å². The molecule has 5 nitrogen and oxygen atoms in total. The van der Waals surface area contributed by atoms with Gasteiger partial charge in [-0.25, -0.2) is 4.98 Å². The Kier molecular flexibility index (Phi) is 9.35. The molecule has 11 rings (SSSR count). The highest BCUT2D eigenvalue weighted by Crippen LogP contribution is 2.45. The van der Waals surface area contributed by atoms with E-state index in [1.165, 1.54) is 50.0 Å². The van der Waals surface area contributed by atoms with Gasteiger partial charge in [-0.2, -0.15) is 0 Å². The maximum atomic E-state index is 5.14. The first kappa shape index (κ1) is 37.1. The van der Waals surface area contributed by atoms with Crippen LogP contribution < -0.4 is 14.7 Å². The summed E-state index contributed by atoms with van der Waals surface area (Å²) in [6.07, 6.45) is 1.96. The second-order valence-corrected chi connectivity index (χ2v) is 16.2. The molecule has 0 fully saturated rings. The quantitative estimate of drug-likeness (QED) is 0.145. The molecule has 1 aliphatic heterocycles. The fourth-order valence-electron chi connectivity index (χ4n) is 9.35. The number of para-hydroxylation sites is 4. The van der Waals surface area contributed by atoms with Gasteiger partial charge in [-0.05, 0) is 120 Å². The highest BCUT2D eigenvalue weighted by molar-refractivity contribution is 6.10. The third kappa shape index (κ3) is 6.46. The largest absolute Gasteiger partial charge is 0.349 e. The van der Waals surface area contributed by atoms with Gasteiger partial charge in [0.25, 0.3) is 0 Å². The Morgan fingerprint density at radius 3 is 1.79 bits per heavy atom. The smallest absolute Gasteiger partial charge is 0.138 e. The SMILES string of the molecule is CC(C)N1CN(c2cccc(N(c3ccccc3)c3ccc4c5ccccc5n(-c5cc(-c6c(-c7ccccc7)cccc6-c6ccccc6)ccn5)c4c3)c2)c2ccccc21. The Morgan fingerprint density at radius 1 is 0.468 bits per heavy atom. The molecule has 298 valence electrons. The summed E-state index contributed by atoms with van der Waals surface area (Å²) in [5.74, 6) is 0.864. The van der Waals surface area contributed by atoms with Crippen molar-refractivity contribution in [2.45, 2.75) is 19.9 Å². The molecule has 0 amide bonds. The predicted molar refractivity (Wildman–Crippen MR) is 261 cm³/mol. The number of aromatic nitrogens is 2. The van der Waals surface area contributed by atoms with Crippen molar-refractivity contribution < 1.29 is 0 Å². The van der Waals surface area contributed by atoms with Crippen LogP contribution in [-0.4, -0.2) is 22.3 Å². The van der Waals surface area contributed by atoms with Crippen molar-refractivity contribution in [1.29, 1.82) is 0 Å². The lowest BCUT2D eigenvalue weighted by molar-refractivity contribution is 0.709. The molecule has 8 aromatic carbocycles. The van der Waals surface area contributed by atoms with Gasteiger partial charge < -0.3 is 14.7 Å². The van der Waals surface area contributed by atoms with Gasteiger partial charge in [-0.15, -0.1) is 0 Å². The summed E-state index contributed by atoms with van der Waals surface area (Å²) in [4.78, 5) is 12.4. The van der Waals surface area contributed by atoms with E-state index >= 15 is 0 Å². The Bertz CT molecular complexity index is 3150. The third-order valence-corrected chi connectivity index (χ3v) is 12.2. The highest BCUT2D eigenvalue weighted by atomic mass is 15.4. The van der Waals surface area contributed by atoms with Crippen molar-refractivity contribution in [2.24, 2.45) is 0 Å². The lowest BCUT2D eigenvalue weighted by Crippen LogP contribution is -2.33. The van der Waals surface area contributed by atoms with Gasteiger partial charge in [-0.1, -0.05) is 140 Å². The summed E-state index contributed by atoms with van der Waals surface area (Å²) in [6, 6.07) is 76.8. The van der Waals surface area contributed by atoms with Crippen molar-refractivity contribution in [3.05, 3.63) is 219 Å². The number of benzene rings is 8. The number of hydrogen-bond acceptors (Lipinski definition) is 4. The molecule has 0 saturated heterocycles. The fraction of sp³-hybridized carbons (Fsp3) is 0.0702. The molecule has 0 unspecified atom stereocenters. The van der Waals surface area contributed by atoms with Gasteiger partial charge in [-0.3, -0.25) is 4.57 Å². The molecule has 0 saturated carbocycles. The summed E-state index contributed by atoms with van der Waals surface area (Å²) in [6.45, 7) is 5.33. The van der Waals surface area contributed by atoms with Gasteiger partial charge in [0.05, 0.1) is 29.1 Å². The minimum Gasteiger partial charge on any atom is -0.349 e. The van der Waals surface area contributed by atoms with Crippen molar-refractivity contribution in [1.82, 2.24) is 9.55 Å². The van der Waals surface area contributed by atoms with E-state index in [2.05, 4.69) is 245 Å². The summed E-state index contributed by atoms with van der Waals surface area (Å²) in [7, 11) is 0. The van der Waals surface area contributed by atoms with E-state index in [0.29, 0.717) is 6.04 Å². The van der Waals surface area contributed by atoms with Gasteiger partial charge >= 0.3 is 0 Å². The summed E-state index contributed by atoms with van der Waals surface area (Å²) < 4.78 is 2.34. The van der Waals surface area contributed by atoms with Gasteiger partial charge in [0.2, 0.25) is 0 Å². The third-order valence-electron chi connectivity index (χ3n) is 12.2. The average molecular weight is 800 g/mol. The fourth-order valence-corrected chi connectivity index (χ4v) is 9.35. The van der Waals surface area contributed by atoms with E-state index in [4.69, 9.17) is 4.98 Å². The molecule has 3 heterocycles. The zero-order chi connectivity index (χ0) is 41.6. The molecule has 0 radical (unpaired) electrons. The Hall–Kier alpha value is -7.89. The summed E-state index contributed by atoms with van der Waals surface area (Å²) in [5, 5.41) is 2.36. The summed E-state index contributed by atoms with van der Waals surface area (Å²) >= 11 is 0. The van der Waals surface area contributed by atoms with Crippen LogP contribution in [0.2, 0.25) is 0 Å². The lowest BCUT2D eigenvalue weighted by atomic mass is 9.88. The van der Waals surface area contributed by atoms with Crippen molar-refractivity contribution in [3.63, 3.8) is 0 Å². The zero-order valence-electron chi connectivity index (χ0n) is 34.8. The number of hydrogen-bond donors (Lipinski definition) is 0. The zero-order valence-corrected chi connectivity index (χ0v) is 34.8. The van der Waals surface area contributed by atoms with Crippen molar-refractivity contribution >= 4 is 55.9 Å². The number of anilines is 6. The summed E-state index contributed by atoms with van der Waals surface area (Å²) in [5.41, 5.74) is 16.1. The molecular formula is C57H45N5. The van der Waals surface area contributed by atoms with Crippen LogP contribution in [-0.2, 0) is 0 Å². The maximum absolute atomic E-state index is 5.14. The van der Waals surface area contributed by atoms with E-state index in [9.17, 15) is 0 Å². The normalized spacial score (nSPS) is 12.4. The second kappa shape index (κ2) is 15.6. The topological polar surface area (TPSA) is 27.5 Å². The van der Waals surface area contributed by atoms with Crippen LogP contribution in [0, 0.1) is 0 Å². The van der Waals surface area contributed by atoms with E-state index in [1.54, 1.807) is 0 Å². The molecule has 1 aliphatic rings. The Balaban J connectivity index is 1.08. The van der Waals surface area contributed by atoms with Crippen molar-refractivity contribution in [2.75, 3.05) is 21.4 Å². The standard InChI is InChI=1S/C57H45N5/c1-40(2)59-39-60(54-31-15-14-30-53(54)59)45-24-16-25-46(37-45)61(44-22-10-5-11-23-44)47-32-33-51-50-26-12-13-29-52(50)62(55(51)38-47)56-36-43(34-35-58-56)57-48(41-18-6-3-7-19-41)27-17-28-49(57)42-20-8-4-9-21-42/h3-38,40H,39H2,1-2H3. The lowest BCUT2D eigenvalue weighted by Gasteiger charge is -2.28.